The Morgan fingerprint density at radius 2 is 2.16 bits per heavy atom. The standard InChI is InChI=1S/C12H18FN3O3/c1-18-6-7(19-2)5-16-11-3-8(12(15)17)10(14)4-9(11)13/h3-4,7,16H,5-6,14H2,1-2H3,(H2,15,17). The van der Waals surface area contributed by atoms with E-state index in [2.05, 4.69) is 5.32 Å². The number of primary amides is 1. The van der Waals surface area contributed by atoms with Crippen LogP contribution in [0, 0.1) is 5.82 Å². The van der Waals surface area contributed by atoms with Crippen molar-refractivity contribution in [2.75, 3.05) is 38.4 Å². The molecule has 0 aliphatic rings. The zero-order valence-corrected chi connectivity index (χ0v) is 10.9. The summed E-state index contributed by atoms with van der Waals surface area (Å²) in [5.41, 5.74) is 10.9. The van der Waals surface area contributed by atoms with E-state index >= 15 is 0 Å². The summed E-state index contributed by atoms with van der Waals surface area (Å²) in [5.74, 6) is -1.27. The Labute approximate surface area is 110 Å². The Balaban J connectivity index is 2.83. The van der Waals surface area contributed by atoms with Crippen molar-refractivity contribution in [1.82, 2.24) is 0 Å². The van der Waals surface area contributed by atoms with Crippen LogP contribution in [0.1, 0.15) is 10.4 Å². The lowest BCUT2D eigenvalue weighted by Gasteiger charge is -2.17. The fourth-order valence-electron chi connectivity index (χ4n) is 1.56. The largest absolute Gasteiger partial charge is 0.398 e. The molecule has 0 aliphatic carbocycles. The van der Waals surface area contributed by atoms with Crippen LogP contribution < -0.4 is 16.8 Å². The molecule has 1 aromatic carbocycles. The molecule has 0 aliphatic heterocycles. The summed E-state index contributed by atoms with van der Waals surface area (Å²) in [4.78, 5) is 11.1. The normalized spacial score (nSPS) is 12.2. The van der Waals surface area contributed by atoms with Gasteiger partial charge in [0.25, 0.3) is 5.91 Å². The molecule has 1 aromatic rings. The number of amides is 1. The predicted molar refractivity (Wildman–Crippen MR) is 70.5 cm³/mol. The van der Waals surface area contributed by atoms with E-state index in [-0.39, 0.29) is 23.0 Å². The molecule has 1 unspecified atom stereocenters. The van der Waals surface area contributed by atoms with Gasteiger partial charge in [-0.3, -0.25) is 4.79 Å². The van der Waals surface area contributed by atoms with Gasteiger partial charge < -0.3 is 26.3 Å². The Hall–Kier alpha value is -1.86. The zero-order chi connectivity index (χ0) is 14.4. The number of halogens is 1. The lowest BCUT2D eigenvalue weighted by atomic mass is 10.1. The molecule has 0 fully saturated rings. The molecule has 0 heterocycles. The second-order valence-electron chi connectivity index (χ2n) is 3.98. The van der Waals surface area contributed by atoms with E-state index in [1.807, 2.05) is 0 Å². The van der Waals surface area contributed by atoms with E-state index in [9.17, 15) is 9.18 Å². The fraction of sp³-hybridized carbons (Fsp3) is 0.417. The Kier molecular flexibility index (Phi) is 5.53. The van der Waals surface area contributed by atoms with Crippen molar-refractivity contribution in [1.29, 1.82) is 0 Å². The third-order valence-corrected chi connectivity index (χ3v) is 2.61. The maximum atomic E-state index is 13.7. The molecule has 19 heavy (non-hydrogen) atoms. The van der Waals surface area contributed by atoms with Crippen LogP contribution in [0.2, 0.25) is 0 Å². The van der Waals surface area contributed by atoms with Crippen molar-refractivity contribution in [2.24, 2.45) is 5.73 Å². The molecular weight excluding hydrogens is 253 g/mol. The van der Waals surface area contributed by atoms with Crippen molar-refractivity contribution in [3.8, 4) is 0 Å². The van der Waals surface area contributed by atoms with Gasteiger partial charge in [-0.25, -0.2) is 4.39 Å². The van der Waals surface area contributed by atoms with Crippen LogP contribution in [0.3, 0.4) is 0 Å². The highest BCUT2D eigenvalue weighted by Crippen LogP contribution is 2.22. The number of ether oxygens (including phenoxy) is 2. The number of methoxy groups -OCH3 is 2. The van der Waals surface area contributed by atoms with Crippen LogP contribution in [0.15, 0.2) is 12.1 Å². The van der Waals surface area contributed by atoms with Crippen molar-refractivity contribution in [2.45, 2.75) is 6.10 Å². The van der Waals surface area contributed by atoms with Gasteiger partial charge in [0, 0.05) is 26.5 Å². The Morgan fingerprint density at radius 1 is 1.47 bits per heavy atom. The van der Waals surface area contributed by atoms with Crippen LogP contribution in [-0.4, -0.2) is 39.4 Å². The van der Waals surface area contributed by atoms with Gasteiger partial charge in [-0.15, -0.1) is 0 Å². The smallest absolute Gasteiger partial charge is 0.250 e. The maximum Gasteiger partial charge on any atom is 0.250 e. The molecule has 0 radical (unpaired) electrons. The molecule has 0 aromatic heterocycles. The summed E-state index contributed by atoms with van der Waals surface area (Å²) in [5, 5.41) is 2.83. The molecule has 106 valence electrons. The van der Waals surface area contributed by atoms with Gasteiger partial charge in [0.2, 0.25) is 0 Å². The Morgan fingerprint density at radius 3 is 2.68 bits per heavy atom. The summed E-state index contributed by atoms with van der Waals surface area (Å²) in [7, 11) is 3.07. The first-order valence-corrected chi connectivity index (χ1v) is 5.64. The summed E-state index contributed by atoms with van der Waals surface area (Å²) in [6.45, 7) is 0.687. The molecule has 7 heteroatoms. The highest BCUT2D eigenvalue weighted by atomic mass is 19.1. The second kappa shape index (κ2) is 6.91. The fourth-order valence-corrected chi connectivity index (χ4v) is 1.56. The third kappa shape index (κ3) is 4.08. The number of rotatable bonds is 7. The van der Waals surface area contributed by atoms with Crippen LogP contribution in [0.4, 0.5) is 15.8 Å². The van der Waals surface area contributed by atoms with Gasteiger partial charge in [0.1, 0.15) is 5.82 Å². The number of nitrogens with two attached hydrogens (primary N) is 2. The number of benzene rings is 1. The Bertz CT molecular complexity index is 454. The molecule has 0 bridgehead atoms. The number of hydrogen-bond acceptors (Lipinski definition) is 5. The van der Waals surface area contributed by atoms with Gasteiger partial charge in [0.05, 0.1) is 24.0 Å². The van der Waals surface area contributed by atoms with Gasteiger partial charge in [-0.2, -0.15) is 0 Å². The summed E-state index contributed by atoms with van der Waals surface area (Å²) in [6.07, 6.45) is -0.237. The number of carbonyl (C=O) groups excluding carboxylic acids is 1. The van der Waals surface area contributed by atoms with E-state index in [0.29, 0.717) is 13.2 Å². The van der Waals surface area contributed by atoms with Crippen LogP contribution in [-0.2, 0) is 9.47 Å². The SMILES string of the molecule is COCC(CNc1cc(C(N)=O)c(N)cc1F)OC. The third-order valence-electron chi connectivity index (χ3n) is 2.61. The highest BCUT2D eigenvalue weighted by molar-refractivity contribution is 5.99. The van der Waals surface area contributed by atoms with E-state index in [4.69, 9.17) is 20.9 Å². The van der Waals surface area contributed by atoms with Crippen LogP contribution >= 0.6 is 0 Å². The number of carbonyl (C=O) groups is 1. The lowest BCUT2D eigenvalue weighted by molar-refractivity contribution is 0.0365. The molecule has 1 atom stereocenters. The number of nitrogen functional groups attached to an aromatic ring is 1. The first-order valence-electron chi connectivity index (χ1n) is 5.64. The molecule has 5 N–H and O–H groups in total. The average Bonchev–Trinajstić information content (AvgIpc) is 2.35. The van der Waals surface area contributed by atoms with Gasteiger partial charge in [-0.1, -0.05) is 0 Å². The monoisotopic (exact) mass is 271 g/mol. The van der Waals surface area contributed by atoms with Crippen molar-refractivity contribution in [3.05, 3.63) is 23.5 Å². The molecular formula is C12H18FN3O3. The summed E-state index contributed by atoms with van der Waals surface area (Å²) >= 11 is 0. The van der Waals surface area contributed by atoms with E-state index in [0.717, 1.165) is 6.07 Å². The van der Waals surface area contributed by atoms with Gasteiger partial charge in [0.15, 0.2) is 0 Å². The summed E-state index contributed by atoms with van der Waals surface area (Å²) in [6, 6.07) is 2.34. The molecule has 0 saturated carbocycles. The predicted octanol–water partition coefficient (Wildman–Crippen LogP) is 0.580. The van der Waals surface area contributed by atoms with Gasteiger partial charge >= 0.3 is 0 Å². The summed E-state index contributed by atoms with van der Waals surface area (Å²) < 4.78 is 23.7. The minimum absolute atomic E-state index is 0.00994. The van der Waals surface area contributed by atoms with Gasteiger partial charge in [-0.05, 0) is 12.1 Å². The zero-order valence-electron chi connectivity index (χ0n) is 10.9. The highest BCUT2D eigenvalue weighted by Gasteiger charge is 2.13. The first-order chi connectivity index (χ1) is 8.99. The van der Waals surface area contributed by atoms with Crippen LogP contribution in [0.25, 0.3) is 0 Å². The minimum Gasteiger partial charge on any atom is -0.398 e. The number of nitrogens with one attached hydrogen (secondary N) is 1. The second-order valence-corrected chi connectivity index (χ2v) is 3.98. The first kappa shape index (κ1) is 15.2. The quantitative estimate of drug-likeness (QED) is 0.630. The lowest BCUT2D eigenvalue weighted by Crippen LogP contribution is -2.27. The molecule has 1 amide bonds. The topological polar surface area (TPSA) is 99.6 Å². The number of hydrogen-bond donors (Lipinski definition) is 3. The van der Waals surface area contributed by atoms with E-state index < -0.39 is 11.7 Å². The molecule has 0 spiro atoms. The maximum absolute atomic E-state index is 13.7. The minimum atomic E-state index is -0.708. The van der Waals surface area contributed by atoms with Crippen molar-refractivity contribution < 1.29 is 18.7 Å². The number of anilines is 2. The molecule has 0 saturated heterocycles. The van der Waals surface area contributed by atoms with Crippen LogP contribution in [0.5, 0.6) is 0 Å². The average molecular weight is 271 g/mol. The molecule has 6 nitrogen and oxygen atoms in total. The van der Waals surface area contributed by atoms with E-state index in [1.54, 1.807) is 7.11 Å². The van der Waals surface area contributed by atoms with Crippen molar-refractivity contribution >= 4 is 17.3 Å². The molecule has 1 rings (SSSR count). The van der Waals surface area contributed by atoms with E-state index in [1.165, 1.54) is 13.2 Å². The van der Waals surface area contributed by atoms with Crippen molar-refractivity contribution in [3.63, 3.8) is 0 Å².